The minimum Gasteiger partial charge on any atom is -0.390 e. The maximum atomic E-state index is 11.0. The van der Waals surface area contributed by atoms with Crippen LogP contribution < -0.4 is 5.32 Å². The van der Waals surface area contributed by atoms with Gasteiger partial charge in [0, 0.05) is 25.3 Å². The predicted molar refractivity (Wildman–Crippen MR) is 62.2 cm³/mol. The molecule has 1 fully saturated rings. The van der Waals surface area contributed by atoms with Crippen LogP contribution in [0.3, 0.4) is 0 Å². The van der Waals surface area contributed by atoms with Gasteiger partial charge in [-0.05, 0) is 0 Å². The molecule has 0 aromatic carbocycles. The molecule has 1 aliphatic heterocycles. The van der Waals surface area contributed by atoms with Crippen LogP contribution in [0.4, 0.5) is 0 Å². The highest BCUT2D eigenvalue weighted by Crippen LogP contribution is 2.27. The van der Waals surface area contributed by atoms with E-state index in [1.165, 1.54) is 14.0 Å². The van der Waals surface area contributed by atoms with Crippen LogP contribution in [0.15, 0.2) is 0 Å². The molecule has 5 atom stereocenters. The summed E-state index contributed by atoms with van der Waals surface area (Å²) in [6.45, 7) is 3.29. The van der Waals surface area contributed by atoms with Gasteiger partial charge >= 0.3 is 0 Å². The minimum absolute atomic E-state index is 0.0670. The van der Waals surface area contributed by atoms with Crippen LogP contribution in [0.5, 0.6) is 0 Å². The number of amides is 1. The molecule has 16 heavy (non-hydrogen) atoms. The smallest absolute Gasteiger partial charge is 0.217 e. The lowest BCUT2D eigenvalue weighted by Gasteiger charge is -2.42. The van der Waals surface area contributed by atoms with Crippen LogP contribution in [0.2, 0.25) is 0 Å². The third-order valence-electron chi connectivity index (χ3n) is 2.85. The van der Waals surface area contributed by atoms with Crippen molar-refractivity contribution in [2.45, 2.75) is 38.4 Å². The number of nitrogens with one attached hydrogen (secondary N) is 1. The Balaban J connectivity index is 2.77. The van der Waals surface area contributed by atoms with Gasteiger partial charge in [0.05, 0.1) is 12.2 Å². The Hall–Kier alpha value is -0.170. The maximum absolute atomic E-state index is 11.0. The number of carbonyl (C=O) groups is 1. The summed E-state index contributed by atoms with van der Waals surface area (Å²) in [7, 11) is 1.49. The van der Waals surface area contributed by atoms with Gasteiger partial charge in [-0.2, -0.15) is 0 Å². The summed E-state index contributed by atoms with van der Waals surface area (Å²) < 4.78 is 10.8. The quantitative estimate of drug-likeness (QED) is 0.733. The SMILES string of the molecule is CO[C@@H]1O[C@H](CBr)[C@@H](C)[C@H](O)[C@H]1NC(C)=O. The van der Waals surface area contributed by atoms with E-state index in [-0.39, 0.29) is 17.9 Å². The summed E-state index contributed by atoms with van der Waals surface area (Å²) >= 11 is 3.33. The standard InChI is InChI=1S/C10H18BrNO4/c1-5-7(4-11)16-10(15-3)8(9(5)14)12-6(2)13/h5,7-10,14H,4H2,1-3H3,(H,12,13)/t5-,7-,8-,9+,10-/m1/s1. The maximum Gasteiger partial charge on any atom is 0.217 e. The number of rotatable bonds is 3. The topological polar surface area (TPSA) is 67.8 Å². The number of methoxy groups -OCH3 is 1. The summed E-state index contributed by atoms with van der Waals surface area (Å²) in [5, 5.41) is 13.4. The second-order valence-electron chi connectivity index (χ2n) is 4.01. The van der Waals surface area contributed by atoms with E-state index in [0.29, 0.717) is 5.33 Å². The molecule has 0 spiro atoms. The number of ether oxygens (including phenoxy) is 2. The van der Waals surface area contributed by atoms with E-state index in [2.05, 4.69) is 21.2 Å². The van der Waals surface area contributed by atoms with Crippen molar-refractivity contribution in [1.82, 2.24) is 5.32 Å². The van der Waals surface area contributed by atoms with E-state index in [0.717, 1.165) is 0 Å². The van der Waals surface area contributed by atoms with Crippen molar-refractivity contribution in [2.75, 3.05) is 12.4 Å². The average molecular weight is 296 g/mol. The van der Waals surface area contributed by atoms with Gasteiger partial charge in [0.15, 0.2) is 6.29 Å². The fraction of sp³-hybridized carbons (Fsp3) is 0.900. The molecule has 6 heteroatoms. The summed E-state index contributed by atoms with van der Waals surface area (Å²) in [5.41, 5.74) is 0. The van der Waals surface area contributed by atoms with E-state index in [1.807, 2.05) is 6.92 Å². The van der Waals surface area contributed by atoms with Gasteiger partial charge in [0.2, 0.25) is 5.91 Å². The lowest BCUT2D eigenvalue weighted by Crippen LogP contribution is -2.61. The third-order valence-corrected chi connectivity index (χ3v) is 3.49. The predicted octanol–water partition coefficient (Wildman–Crippen LogP) is 0.254. The number of halogens is 1. The van der Waals surface area contributed by atoms with Crippen LogP contribution in [-0.2, 0) is 14.3 Å². The number of aliphatic hydroxyl groups excluding tert-OH is 1. The molecule has 1 heterocycles. The van der Waals surface area contributed by atoms with E-state index in [1.54, 1.807) is 0 Å². The van der Waals surface area contributed by atoms with Crippen LogP contribution in [0, 0.1) is 5.92 Å². The molecule has 5 nitrogen and oxygen atoms in total. The first-order valence-corrected chi connectivity index (χ1v) is 6.32. The Morgan fingerprint density at radius 2 is 2.25 bits per heavy atom. The Morgan fingerprint density at radius 1 is 1.62 bits per heavy atom. The van der Waals surface area contributed by atoms with Crippen molar-refractivity contribution in [3.8, 4) is 0 Å². The molecule has 0 aromatic rings. The molecule has 1 saturated heterocycles. The fourth-order valence-corrected chi connectivity index (χ4v) is 2.60. The molecule has 2 N–H and O–H groups in total. The molecule has 0 aliphatic carbocycles. The second kappa shape index (κ2) is 5.95. The van der Waals surface area contributed by atoms with Gasteiger partial charge in [-0.1, -0.05) is 22.9 Å². The molecule has 0 radical (unpaired) electrons. The second-order valence-corrected chi connectivity index (χ2v) is 4.66. The molecular formula is C10H18BrNO4. The first-order chi connectivity index (χ1) is 7.51. The number of hydrogen-bond donors (Lipinski definition) is 2. The van der Waals surface area contributed by atoms with Crippen molar-refractivity contribution in [2.24, 2.45) is 5.92 Å². The number of alkyl halides is 1. The van der Waals surface area contributed by atoms with Gasteiger partial charge in [0.25, 0.3) is 0 Å². The lowest BCUT2D eigenvalue weighted by atomic mass is 9.90. The fourth-order valence-electron chi connectivity index (χ4n) is 1.86. The van der Waals surface area contributed by atoms with E-state index in [9.17, 15) is 9.90 Å². The van der Waals surface area contributed by atoms with Gasteiger partial charge in [0.1, 0.15) is 6.04 Å². The molecule has 0 bridgehead atoms. The van der Waals surface area contributed by atoms with E-state index in [4.69, 9.17) is 9.47 Å². The average Bonchev–Trinajstić information content (AvgIpc) is 2.25. The summed E-state index contributed by atoms with van der Waals surface area (Å²) in [6.07, 6.45) is -1.41. The minimum atomic E-state index is -0.676. The van der Waals surface area contributed by atoms with Crippen molar-refractivity contribution in [3.05, 3.63) is 0 Å². The Bertz CT molecular complexity index is 249. The lowest BCUT2D eigenvalue weighted by molar-refractivity contribution is -0.233. The van der Waals surface area contributed by atoms with Gasteiger partial charge < -0.3 is 19.9 Å². The molecule has 1 rings (SSSR count). The Morgan fingerprint density at radius 3 is 2.69 bits per heavy atom. The van der Waals surface area contributed by atoms with Crippen molar-refractivity contribution in [3.63, 3.8) is 0 Å². The Kier molecular flexibility index (Phi) is 5.17. The normalized spacial score (nSPS) is 39.4. The largest absolute Gasteiger partial charge is 0.390 e. The first kappa shape index (κ1) is 13.9. The number of carbonyl (C=O) groups excluding carboxylic acids is 1. The van der Waals surface area contributed by atoms with Crippen molar-refractivity contribution >= 4 is 21.8 Å². The zero-order valence-corrected chi connectivity index (χ0v) is 11.2. The monoisotopic (exact) mass is 295 g/mol. The van der Waals surface area contributed by atoms with Crippen LogP contribution in [-0.4, -0.2) is 48.0 Å². The third kappa shape index (κ3) is 2.94. The molecule has 0 unspecified atom stereocenters. The summed E-state index contributed by atoms with van der Waals surface area (Å²) in [4.78, 5) is 11.0. The highest BCUT2D eigenvalue weighted by Gasteiger charge is 2.43. The first-order valence-electron chi connectivity index (χ1n) is 5.20. The molecule has 1 aliphatic rings. The number of hydrogen-bond acceptors (Lipinski definition) is 4. The molecule has 0 saturated carbocycles. The van der Waals surface area contributed by atoms with Crippen LogP contribution >= 0.6 is 15.9 Å². The highest BCUT2D eigenvalue weighted by molar-refractivity contribution is 9.09. The molecule has 0 aromatic heterocycles. The van der Waals surface area contributed by atoms with Gasteiger partial charge in [-0.25, -0.2) is 0 Å². The van der Waals surface area contributed by atoms with Gasteiger partial charge in [-0.15, -0.1) is 0 Å². The van der Waals surface area contributed by atoms with Crippen molar-refractivity contribution in [1.29, 1.82) is 0 Å². The number of aliphatic hydroxyl groups is 1. The summed E-state index contributed by atoms with van der Waals surface area (Å²) in [6, 6.07) is -0.521. The van der Waals surface area contributed by atoms with Gasteiger partial charge in [-0.3, -0.25) is 4.79 Å². The molecule has 94 valence electrons. The zero-order chi connectivity index (χ0) is 12.3. The van der Waals surface area contributed by atoms with Crippen molar-refractivity contribution < 1.29 is 19.4 Å². The van der Waals surface area contributed by atoms with Crippen LogP contribution in [0.25, 0.3) is 0 Å². The van der Waals surface area contributed by atoms with Crippen LogP contribution in [0.1, 0.15) is 13.8 Å². The van der Waals surface area contributed by atoms with E-state index < -0.39 is 18.4 Å². The molecule has 1 amide bonds. The summed E-state index contributed by atoms with van der Waals surface area (Å²) in [5.74, 6) is -0.276. The Labute approximate surface area is 104 Å². The highest BCUT2D eigenvalue weighted by atomic mass is 79.9. The zero-order valence-electron chi connectivity index (χ0n) is 9.64. The van der Waals surface area contributed by atoms with E-state index >= 15 is 0 Å². The molecular weight excluding hydrogens is 278 g/mol.